The standard InChI is InChI=1S/C14H21BrN2O2/c1-3-4-7-17(8-9-18)14(19)16-13-6-5-12(15)10-11(13)2/h5-6,10,18H,3-4,7-9H2,1-2H3,(H,16,19). The van der Waals surface area contributed by atoms with Crippen molar-refractivity contribution in [2.24, 2.45) is 0 Å². The predicted octanol–water partition coefficient (Wildman–Crippen LogP) is 3.38. The van der Waals surface area contributed by atoms with Crippen LogP contribution in [0.5, 0.6) is 0 Å². The first kappa shape index (κ1) is 16.0. The van der Waals surface area contributed by atoms with Crippen molar-refractivity contribution < 1.29 is 9.90 Å². The highest BCUT2D eigenvalue weighted by Crippen LogP contribution is 2.20. The van der Waals surface area contributed by atoms with Gasteiger partial charge in [-0.2, -0.15) is 0 Å². The lowest BCUT2D eigenvalue weighted by Crippen LogP contribution is -2.37. The van der Waals surface area contributed by atoms with Gasteiger partial charge in [-0.1, -0.05) is 29.3 Å². The number of hydrogen-bond donors (Lipinski definition) is 2. The SMILES string of the molecule is CCCCN(CCO)C(=O)Nc1ccc(Br)cc1C. The largest absolute Gasteiger partial charge is 0.395 e. The molecular weight excluding hydrogens is 308 g/mol. The lowest BCUT2D eigenvalue weighted by molar-refractivity contribution is 0.187. The van der Waals surface area contributed by atoms with E-state index < -0.39 is 0 Å². The number of halogens is 1. The minimum Gasteiger partial charge on any atom is -0.395 e. The molecule has 0 aliphatic heterocycles. The molecule has 0 saturated carbocycles. The average molecular weight is 329 g/mol. The number of rotatable bonds is 6. The van der Waals surface area contributed by atoms with Crippen molar-refractivity contribution in [2.45, 2.75) is 26.7 Å². The van der Waals surface area contributed by atoms with Gasteiger partial charge in [0.05, 0.1) is 6.61 Å². The van der Waals surface area contributed by atoms with E-state index in [0.29, 0.717) is 13.1 Å². The first-order valence-electron chi connectivity index (χ1n) is 6.51. The number of nitrogens with zero attached hydrogens (tertiary/aromatic N) is 1. The molecule has 0 atom stereocenters. The number of urea groups is 1. The van der Waals surface area contributed by atoms with Gasteiger partial charge in [-0.15, -0.1) is 0 Å². The third-order valence-electron chi connectivity index (χ3n) is 2.87. The van der Waals surface area contributed by atoms with Crippen molar-refractivity contribution in [3.05, 3.63) is 28.2 Å². The molecule has 5 heteroatoms. The second kappa shape index (κ2) is 8.17. The number of unbranched alkanes of at least 4 members (excludes halogenated alkanes) is 1. The molecule has 1 rings (SSSR count). The highest BCUT2D eigenvalue weighted by molar-refractivity contribution is 9.10. The summed E-state index contributed by atoms with van der Waals surface area (Å²) in [5.74, 6) is 0. The zero-order valence-corrected chi connectivity index (χ0v) is 13.0. The molecule has 0 saturated heterocycles. The molecule has 0 aliphatic rings. The summed E-state index contributed by atoms with van der Waals surface area (Å²) in [6.07, 6.45) is 1.96. The molecule has 2 amide bonds. The van der Waals surface area contributed by atoms with Crippen molar-refractivity contribution in [1.29, 1.82) is 0 Å². The molecule has 0 aromatic heterocycles. The summed E-state index contributed by atoms with van der Waals surface area (Å²) in [7, 11) is 0. The number of carbonyl (C=O) groups excluding carboxylic acids is 1. The summed E-state index contributed by atoms with van der Waals surface area (Å²) in [5.41, 5.74) is 1.80. The number of hydrogen-bond acceptors (Lipinski definition) is 2. The zero-order valence-electron chi connectivity index (χ0n) is 11.4. The molecular formula is C14H21BrN2O2. The van der Waals surface area contributed by atoms with Gasteiger partial charge in [-0.3, -0.25) is 0 Å². The summed E-state index contributed by atoms with van der Waals surface area (Å²) in [6.45, 7) is 5.03. The smallest absolute Gasteiger partial charge is 0.321 e. The molecule has 0 heterocycles. The molecule has 1 aromatic rings. The van der Waals surface area contributed by atoms with E-state index in [2.05, 4.69) is 28.2 Å². The molecule has 19 heavy (non-hydrogen) atoms. The van der Waals surface area contributed by atoms with Crippen LogP contribution in [0.1, 0.15) is 25.3 Å². The number of nitrogens with one attached hydrogen (secondary N) is 1. The molecule has 4 nitrogen and oxygen atoms in total. The summed E-state index contributed by atoms with van der Waals surface area (Å²) in [5, 5.41) is 11.9. The van der Waals surface area contributed by atoms with Gasteiger partial charge in [0.2, 0.25) is 0 Å². The van der Waals surface area contributed by atoms with E-state index in [0.717, 1.165) is 28.6 Å². The average Bonchev–Trinajstić information content (AvgIpc) is 2.37. The fraction of sp³-hybridized carbons (Fsp3) is 0.500. The minimum atomic E-state index is -0.159. The number of carbonyl (C=O) groups is 1. The topological polar surface area (TPSA) is 52.6 Å². The highest BCUT2D eigenvalue weighted by Gasteiger charge is 2.13. The Morgan fingerprint density at radius 2 is 2.16 bits per heavy atom. The number of amides is 2. The second-order valence-electron chi connectivity index (χ2n) is 4.45. The Bertz CT molecular complexity index is 424. The Morgan fingerprint density at radius 1 is 1.42 bits per heavy atom. The van der Waals surface area contributed by atoms with Crippen LogP contribution in [0.4, 0.5) is 10.5 Å². The van der Waals surface area contributed by atoms with Crippen LogP contribution in [0.2, 0.25) is 0 Å². The molecule has 2 N–H and O–H groups in total. The monoisotopic (exact) mass is 328 g/mol. The molecule has 1 aromatic carbocycles. The van der Waals surface area contributed by atoms with Crippen LogP contribution in [0.15, 0.2) is 22.7 Å². The molecule has 0 fully saturated rings. The summed E-state index contributed by atoms with van der Waals surface area (Å²) in [4.78, 5) is 13.8. The van der Waals surface area contributed by atoms with Crippen LogP contribution < -0.4 is 5.32 Å². The van der Waals surface area contributed by atoms with Crippen molar-refractivity contribution in [3.63, 3.8) is 0 Å². The van der Waals surface area contributed by atoms with Gasteiger partial charge in [0, 0.05) is 23.2 Å². The molecule has 0 spiro atoms. The van der Waals surface area contributed by atoms with Crippen LogP contribution in [-0.4, -0.2) is 35.7 Å². The number of benzene rings is 1. The summed E-state index contributed by atoms with van der Waals surface area (Å²) >= 11 is 3.39. The molecule has 0 aliphatic carbocycles. The van der Waals surface area contributed by atoms with Gasteiger partial charge in [-0.25, -0.2) is 4.79 Å². The van der Waals surface area contributed by atoms with Gasteiger partial charge in [-0.05, 0) is 37.1 Å². The lowest BCUT2D eigenvalue weighted by atomic mass is 10.2. The Morgan fingerprint density at radius 3 is 2.74 bits per heavy atom. The van der Waals surface area contributed by atoms with Crippen molar-refractivity contribution in [2.75, 3.05) is 25.0 Å². The van der Waals surface area contributed by atoms with Crippen LogP contribution >= 0.6 is 15.9 Å². The van der Waals surface area contributed by atoms with Crippen molar-refractivity contribution in [3.8, 4) is 0 Å². The van der Waals surface area contributed by atoms with Crippen LogP contribution in [0, 0.1) is 6.92 Å². The predicted molar refractivity (Wildman–Crippen MR) is 81.5 cm³/mol. The maximum atomic E-state index is 12.1. The zero-order chi connectivity index (χ0) is 14.3. The van der Waals surface area contributed by atoms with E-state index in [1.807, 2.05) is 25.1 Å². The van der Waals surface area contributed by atoms with Crippen molar-refractivity contribution >= 4 is 27.6 Å². The maximum absolute atomic E-state index is 12.1. The molecule has 106 valence electrons. The maximum Gasteiger partial charge on any atom is 0.321 e. The van der Waals surface area contributed by atoms with E-state index in [9.17, 15) is 4.79 Å². The Labute approximate surface area is 122 Å². The molecule has 0 radical (unpaired) electrons. The third-order valence-corrected chi connectivity index (χ3v) is 3.36. The van der Waals surface area contributed by atoms with Gasteiger partial charge in [0.1, 0.15) is 0 Å². The van der Waals surface area contributed by atoms with Crippen LogP contribution in [0.3, 0.4) is 0 Å². The summed E-state index contributed by atoms with van der Waals surface area (Å²) < 4.78 is 0.987. The van der Waals surface area contributed by atoms with Crippen LogP contribution in [0.25, 0.3) is 0 Å². The highest BCUT2D eigenvalue weighted by atomic mass is 79.9. The van der Waals surface area contributed by atoms with Gasteiger partial charge < -0.3 is 15.3 Å². The quantitative estimate of drug-likeness (QED) is 0.841. The van der Waals surface area contributed by atoms with E-state index >= 15 is 0 Å². The first-order valence-corrected chi connectivity index (χ1v) is 7.30. The van der Waals surface area contributed by atoms with E-state index in [1.165, 1.54) is 0 Å². The number of aliphatic hydroxyl groups excluding tert-OH is 1. The lowest BCUT2D eigenvalue weighted by Gasteiger charge is -2.22. The van der Waals surface area contributed by atoms with Gasteiger partial charge in [0.25, 0.3) is 0 Å². The summed E-state index contributed by atoms with van der Waals surface area (Å²) in [6, 6.07) is 5.56. The van der Waals surface area contributed by atoms with E-state index in [1.54, 1.807) is 4.90 Å². The minimum absolute atomic E-state index is 0.0174. The Hall–Kier alpha value is -1.07. The van der Waals surface area contributed by atoms with Crippen molar-refractivity contribution in [1.82, 2.24) is 4.90 Å². The fourth-order valence-corrected chi connectivity index (χ4v) is 2.22. The van der Waals surface area contributed by atoms with E-state index in [-0.39, 0.29) is 12.6 Å². The van der Waals surface area contributed by atoms with Crippen LogP contribution in [-0.2, 0) is 0 Å². The normalized spacial score (nSPS) is 10.3. The third kappa shape index (κ3) is 5.20. The molecule has 0 unspecified atom stereocenters. The Balaban J connectivity index is 2.69. The first-order chi connectivity index (χ1) is 9.08. The number of aliphatic hydroxyl groups is 1. The van der Waals surface area contributed by atoms with Gasteiger partial charge >= 0.3 is 6.03 Å². The Kier molecular flexibility index (Phi) is 6.87. The molecule has 0 bridgehead atoms. The number of anilines is 1. The number of aryl methyl sites for hydroxylation is 1. The van der Waals surface area contributed by atoms with Gasteiger partial charge in [0.15, 0.2) is 0 Å². The van der Waals surface area contributed by atoms with E-state index in [4.69, 9.17) is 5.11 Å². The fourth-order valence-electron chi connectivity index (χ4n) is 1.75. The second-order valence-corrected chi connectivity index (χ2v) is 5.37.